The van der Waals surface area contributed by atoms with Crippen molar-refractivity contribution in [2.24, 2.45) is 0 Å². The van der Waals surface area contributed by atoms with E-state index in [1.807, 2.05) is 65.2 Å². The van der Waals surface area contributed by atoms with Crippen molar-refractivity contribution in [3.05, 3.63) is 120 Å². The van der Waals surface area contributed by atoms with Gasteiger partial charge in [0.15, 0.2) is 11.0 Å². The minimum Gasteiger partial charge on any atom is -0.467 e. The van der Waals surface area contributed by atoms with Gasteiger partial charge in [-0.1, -0.05) is 66.4 Å². The first-order valence-corrected chi connectivity index (χ1v) is 13.2. The van der Waals surface area contributed by atoms with Crippen LogP contribution in [0.15, 0.2) is 107 Å². The Labute approximate surface area is 230 Å². The van der Waals surface area contributed by atoms with Gasteiger partial charge in [-0.05, 0) is 42.0 Å². The Morgan fingerprint density at radius 2 is 1.65 bits per heavy atom. The average Bonchev–Trinajstić information content (AvgIpc) is 3.62. The van der Waals surface area contributed by atoms with Crippen molar-refractivity contribution in [2.45, 2.75) is 23.6 Å². The molecule has 0 aliphatic heterocycles. The van der Waals surface area contributed by atoms with E-state index in [4.69, 9.17) is 9.40 Å². The number of hydrogen-bond donors (Lipinski definition) is 0. The summed E-state index contributed by atoms with van der Waals surface area (Å²) in [6.07, 6.45) is -3.13. The molecule has 0 bridgehead atoms. The minimum atomic E-state index is -4.69. The lowest BCUT2D eigenvalue weighted by Crippen LogP contribution is -2.09. The van der Waals surface area contributed by atoms with Crippen LogP contribution in [0.4, 0.5) is 17.6 Å². The molecule has 5 nitrogen and oxygen atoms in total. The van der Waals surface area contributed by atoms with E-state index < -0.39 is 17.6 Å². The highest BCUT2D eigenvalue weighted by atomic mass is 32.2. The van der Waals surface area contributed by atoms with E-state index >= 15 is 0 Å². The maximum atomic E-state index is 13.6. The second kappa shape index (κ2) is 10.6. The Kier molecular flexibility index (Phi) is 6.85. The molecule has 0 fully saturated rings. The number of alkyl halides is 3. The molecular weight excluding hydrogens is 540 g/mol. The predicted octanol–water partition coefficient (Wildman–Crippen LogP) is 8.25. The van der Waals surface area contributed by atoms with Gasteiger partial charge in [0.05, 0.1) is 29.6 Å². The van der Waals surface area contributed by atoms with Crippen LogP contribution >= 0.6 is 11.8 Å². The standard InChI is InChI=1S/C30H20F4N4OS/c31-21-13-12-20(25(15-21)30(32,33)34)18-40-29-37-36-28(38(29)17-22-9-6-14-39-22)24-16-27(19-7-2-1-3-8-19)35-26-11-5-4-10-23(24)26/h1-16H,17-18H2. The summed E-state index contributed by atoms with van der Waals surface area (Å²) >= 11 is 1.09. The lowest BCUT2D eigenvalue weighted by Gasteiger charge is -2.14. The molecule has 6 aromatic rings. The van der Waals surface area contributed by atoms with Crippen LogP contribution in [0, 0.1) is 5.82 Å². The number of pyridine rings is 1. The normalized spacial score (nSPS) is 11.8. The van der Waals surface area contributed by atoms with Crippen LogP contribution in [0.5, 0.6) is 0 Å². The van der Waals surface area contributed by atoms with Crippen LogP contribution in [-0.4, -0.2) is 19.7 Å². The number of benzene rings is 3. The van der Waals surface area contributed by atoms with Crippen molar-refractivity contribution in [3.8, 4) is 22.6 Å². The summed E-state index contributed by atoms with van der Waals surface area (Å²) in [5.74, 6) is 0.118. The second-order valence-corrected chi connectivity index (χ2v) is 9.94. The maximum Gasteiger partial charge on any atom is 0.416 e. The molecule has 0 N–H and O–H groups in total. The Morgan fingerprint density at radius 1 is 0.850 bits per heavy atom. The van der Waals surface area contributed by atoms with E-state index in [9.17, 15) is 17.6 Å². The molecule has 0 amide bonds. The van der Waals surface area contributed by atoms with Crippen LogP contribution in [-0.2, 0) is 18.5 Å². The number of aromatic nitrogens is 4. The van der Waals surface area contributed by atoms with Gasteiger partial charge in [0.25, 0.3) is 0 Å². The van der Waals surface area contributed by atoms with E-state index in [1.165, 1.54) is 0 Å². The summed E-state index contributed by atoms with van der Waals surface area (Å²) in [5.41, 5.74) is 2.16. The summed E-state index contributed by atoms with van der Waals surface area (Å²) in [6, 6.07) is 25.6. The van der Waals surface area contributed by atoms with Gasteiger partial charge in [-0.15, -0.1) is 10.2 Å². The van der Waals surface area contributed by atoms with Gasteiger partial charge in [-0.2, -0.15) is 13.2 Å². The first kappa shape index (κ1) is 25.8. The van der Waals surface area contributed by atoms with Gasteiger partial charge < -0.3 is 4.42 Å². The van der Waals surface area contributed by atoms with Crippen molar-refractivity contribution in [2.75, 3.05) is 0 Å². The van der Waals surface area contributed by atoms with Crippen LogP contribution in [0.1, 0.15) is 16.9 Å². The second-order valence-electron chi connectivity index (χ2n) is 9.00. The molecule has 0 unspecified atom stereocenters. The molecule has 6 rings (SSSR count). The number of thioether (sulfide) groups is 1. The number of nitrogens with zero attached hydrogens (tertiary/aromatic N) is 4. The Bertz CT molecular complexity index is 1780. The fourth-order valence-corrected chi connectivity index (χ4v) is 5.44. The average molecular weight is 561 g/mol. The van der Waals surface area contributed by atoms with Crippen LogP contribution < -0.4 is 0 Å². The van der Waals surface area contributed by atoms with Gasteiger partial charge in [-0.25, -0.2) is 9.37 Å². The smallest absolute Gasteiger partial charge is 0.416 e. The predicted molar refractivity (Wildman–Crippen MR) is 145 cm³/mol. The first-order chi connectivity index (χ1) is 19.4. The largest absolute Gasteiger partial charge is 0.467 e. The SMILES string of the molecule is Fc1ccc(CSc2nnc(-c3cc(-c4ccccc4)nc4ccccc34)n2Cc2ccco2)c(C(F)(F)F)c1. The molecule has 3 aromatic heterocycles. The van der Waals surface area contributed by atoms with Gasteiger partial charge >= 0.3 is 6.18 Å². The molecule has 200 valence electrons. The fraction of sp³-hybridized carbons (Fsp3) is 0.100. The third kappa shape index (κ3) is 5.22. The third-order valence-electron chi connectivity index (χ3n) is 6.37. The maximum absolute atomic E-state index is 13.6. The summed E-state index contributed by atoms with van der Waals surface area (Å²) in [5, 5.41) is 10.1. The molecule has 0 radical (unpaired) electrons. The molecule has 0 aliphatic rings. The van der Waals surface area contributed by atoms with E-state index in [-0.39, 0.29) is 17.9 Å². The molecule has 0 aliphatic carbocycles. The summed E-state index contributed by atoms with van der Waals surface area (Å²) in [6.45, 7) is 0.254. The van der Waals surface area contributed by atoms with Crippen molar-refractivity contribution < 1.29 is 22.0 Å². The lowest BCUT2D eigenvalue weighted by molar-refractivity contribution is -0.138. The van der Waals surface area contributed by atoms with Gasteiger partial charge in [-0.3, -0.25) is 4.57 Å². The van der Waals surface area contributed by atoms with Crippen molar-refractivity contribution in [3.63, 3.8) is 0 Å². The summed E-state index contributed by atoms with van der Waals surface area (Å²) in [4.78, 5) is 4.84. The molecule has 0 saturated heterocycles. The summed E-state index contributed by atoms with van der Waals surface area (Å²) in [7, 11) is 0. The lowest BCUT2D eigenvalue weighted by atomic mass is 10.0. The molecule has 0 spiro atoms. The van der Waals surface area contributed by atoms with Crippen LogP contribution in [0.2, 0.25) is 0 Å². The first-order valence-electron chi connectivity index (χ1n) is 12.3. The molecule has 40 heavy (non-hydrogen) atoms. The van der Waals surface area contributed by atoms with Gasteiger partial charge in [0.2, 0.25) is 0 Å². The van der Waals surface area contributed by atoms with Gasteiger partial charge in [0.1, 0.15) is 11.6 Å². The van der Waals surface area contributed by atoms with E-state index in [1.54, 1.807) is 18.4 Å². The quantitative estimate of drug-likeness (QED) is 0.145. The van der Waals surface area contributed by atoms with E-state index in [2.05, 4.69) is 10.2 Å². The molecule has 0 saturated carbocycles. The Hall–Kier alpha value is -4.44. The molecule has 10 heteroatoms. The number of furan rings is 1. The molecule has 0 atom stereocenters. The number of para-hydroxylation sites is 1. The Morgan fingerprint density at radius 3 is 2.42 bits per heavy atom. The number of rotatable bonds is 7. The van der Waals surface area contributed by atoms with Crippen molar-refractivity contribution >= 4 is 22.7 Å². The summed E-state index contributed by atoms with van der Waals surface area (Å²) < 4.78 is 61.9. The van der Waals surface area contributed by atoms with Crippen molar-refractivity contribution in [1.82, 2.24) is 19.7 Å². The van der Waals surface area contributed by atoms with Crippen molar-refractivity contribution in [1.29, 1.82) is 0 Å². The molecular formula is C30H20F4N4OS. The third-order valence-corrected chi connectivity index (χ3v) is 7.39. The highest BCUT2D eigenvalue weighted by Crippen LogP contribution is 2.37. The monoisotopic (exact) mass is 560 g/mol. The highest BCUT2D eigenvalue weighted by Gasteiger charge is 2.34. The number of hydrogen-bond acceptors (Lipinski definition) is 5. The fourth-order valence-electron chi connectivity index (χ4n) is 4.49. The Balaban J connectivity index is 1.46. The zero-order valence-corrected chi connectivity index (χ0v) is 21.6. The van der Waals surface area contributed by atoms with Crippen LogP contribution in [0.3, 0.4) is 0 Å². The zero-order chi connectivity index (χ0) is 27.7. The number of fused-ring (bicyclic) bond motifs is 1. The van der Waals surface area contributed by atoms with Gasteiger partial charge in [0, 0.05) is 22.3 Å². The van der Waals surface area contributed by atoms with E-state index in [0.717, 1.165) is 51.6 Å². The van der Waals surface area contributed by atoms with E-state index in [0.29, 0.717) is 22.8 Å². The minimum absolute atomic E-state index is 0.0475. The van der Waals surface area contributed by atoms with Crippen LogP contribution in [0.25, 0.3) is 33.5 Å². The molecule has 3 heterocycles. The zero-order valence-electron chi connectivity index (χ0n) is 20.8. The topological polar surface area (TPSA) is 56.7 Å². The highest BCUT2D eigenvalue weighted by molar-refractivity contribution is 7.98. The number of halogens is 4. The molecule has 3 aromatic carbocycles.